The van der Waals surface area contributed by atoms with Gasteiger partial charge in [-0.25, -0.2) is 12.8 Å². The fourth-order valence-corrected chi connectivity index (χ4v) is 6.50. The number of benzene rings is 4. The first-order chi connectivity index (χ1) is 22.2. The van der Waals surface area contributed by atoms with Crippen LogP contribution in [0.2, 0.25) is 0 Å². The van der Waals surface area contributed by atoms with Crippen LogP contribution in [0.3, 0.4) is 0 Å². The van der Waals surface area contributed by atoms with E-state index in [1.807, 2.05) is 48.5 Å². The molecule has 0 aromatic heterocycles. The summed E-state index contributed by atoms with van der Waals surface area (Å²) in [5.41, 5.74) is 1.28. The molecule has 0 spiro atoms. The number of hydrogen-bond donors (Lipinski definition) is 1. The van der Waals surface area contributed by atoms with Crippen molar-refractivity contribution in [2.75, 3.05) is 17.1 Å². The summed E-state index contributed by atoms with van der Waals surface area (Å²) in [4.78, 5) is 29.5. The van der Waals surface area contributed by atoms with Gasteiger partial charge in [0.25, 0.3) is 0 Å². The predicted octanol–water partition coefficient (Wildman–Crippen LogP) is 6.08. The topological polar surface area (TPSA) is 96.0 Å². The average Bonchev–Trinajstić information content (AvgIpc) is 3.56. The van der Waals surface area contributed by atoms with Gasteiger partial charge in [-0.2, -0.15) is 0 Å². The Morgan fingerprint density at radius 1 is 0.848 bits per heavy atom. The Kier molecular flexibility index (Phi) is 10.7. The standard InChI is InChI=1S/C36H38FN3O5S/c1-46(43,44)40(30-20-22-32(23-21-30)45-31-17-6-3-7-18-31)26-35(41)39(25-28-14-8-11-19-33(28)37)34(24-27-12-4-2-5-13-27)36(42)38-29-15-9-10-16-29/h2-8,11-14,17-23,29,34H,9-10,15-16,24-26H2,1H3,(H,38,42)/t34-/m0/s1. The van der Waals surface area contributed by atoms with Crippen molar-refractivity contribution in [2.24, 2.45) is 0 Å². The normalized spacial score (nSPS) is 14.0. The van der Waals surface area contributed by atoms with E-state index in [1.165, 1.54) is 11.0 Å². The van der Waals surface area contributed by atoms with Gasteiger partial charge in [-0.15, -0.1) is 0 Å². The van der Waals surface area contributed by atoms with Crippen molar-refractivity contribution in [3.63, 3.8) is 0 Å². The van der Waals surface area contributed by atoms with Crippen LogP contribution in [0.5, 0.6) is 11.5 Å². The van der Waals surface area contributed by atoms with Crippen LogP contribution in [-0.2, 0) is 32.6 Å². The molecule has 1 aliphatic rings. The second-order valence-corrected chi connectivity index (χ2v) is 13.4. The third kappa shape index (κ3) is 8.72. The first-order valence-corrected chi connectivity index (χ1v) is 17.2. The lowest BCUT2D eigenvalue weighted by Gasteiger charge is -2.34. The number of nitrogens with zero attached hydrogens (tertiary/aromatic N) is 2. The summed E-state index contributed by atoms with van der Waals surface area (Å²) in [7, 11) is -3.95. The molecule has 1 aliphatic carbocycles. The Balaban J connectivity index is 1.46. The molecule has 46 heavy (non-hydrogen) atoms. The van der Waals surface area contributed by atoms with Crippen molar-refractivity contribution in [2.45, 2.75) is 50.7 Å². The minimum atomic E-state index is -3.95. The number of amides is 2. The molecular weight excluding hydrogens is 605 g/mol. The second-order valence-electron chi connectivity index (χ2n) is 11.5. The number of hydrogen-bond acceptors (Lipinski definition) is 5. The van der Waals surface area contributed by atoms with Crippen LogP contribution in [0, 0.1) is 5.82 Å². The van der Waals surface area contributed by atoms with Crippen molar-refractivity contribution < 1.29 is 27.1 Å². The van der Waals surface area contributed by atoms with Gasteiger partial charge in [-0.1, -0.05) is 79.6 Å². The fraction of sp³-hybridized carbons (Fsp3) is 0.278. The Labute approximate surface area is 269 Å². The van der Waals surface area contributed by atoms with E-state index in [2.05, 4.69) is 5.32 Å². The number of ether oxygens (including phenoxy) is 1. The number of halogens is 1. The fourth-order valence-electron chi connectivity index (χ4n) is 5.65. The quantitative estimate of drug-likeness (QED) is 0.191. The van der Waals surface area contributed by atoms with E-state index in [0.29, 0.717) is 11.5 Å². The number of anilines is 1. The lowest BCUT2D eigenvalue weighted by atomic mass is 10.0. The first kappa shape index (κ1) is 32.7. The lowest BCUT2D eigenvalue weighted by molar-refractivity contribution is -0.140. The largest absolute Gasteiger partial charge is 0.457 e. The molecule has 4 aromatic rings. The highest BCUT2D eigenvalue weighted by Gasteiger charge is 2.34. The Morgan fingerprint density at radius 2 is 1.43 bits per heavy atom. The predicted molar refractivity (Wildman–Crippen MR) is 176 cm³/mol. The Bertz CT molecular complexity index is 1710. The molecule has 240 valence electrons. The Morgan fingerprint density at radius 3 is 2.07 bits per heavy atom. The molecule has 0 heterocycles. The van der Waals surface area contributed by atoms with Gasteiger partial charge in [0.2, 0.25) is 21.8 Å². The van der Waals surface area contributed by atoms with Crippen LogP contribution in [-0.4, -0.2) is 50.0 Å². The highest BCUT2D eigenvalue weighted by atomic mass is 32.2. The summed E-state index contributed by atoms with van der Waals surface area (Å²) in [6.45, 7) is -0.809. The van der Waals surface area contributed by atoms with Gasteiger partial charge in [0.15, 0.2) is 0 Å². The lowest BCUT2D eigenvalue weighted by Crippen LogP contribution is -2.54. The Hall–Kier alpha value is -4.70. The van der Waals surface area contributed by atoms with Crippen LogP contribution in [0.4, 0.5) is 10.1 Å². The molecule has 1 saturated carbocycles. The molecule has 1 atom stereocenters. The van der Waals surface area contributed by atoms with Crippen LogP contribution >= 0.6 is 0 Å². The summed E-state index contributed by atoms with van der Waals surface area (Å²) >= 11 is 0. The smallest absolute Gasteiger partial charge is 0.244 e. The number of sulfonamides is 1. The van der Waals surface area contributed by atoms with Crippen molar-refractivity contribution in [3.8, 4) is 11.5 Å². The molecule has 8 nitrogen and oxygen atoms in total. The zero-order valence-corrected chi connectivity index (χ0v) is 26.5. The first-order valence-electron chi connectivity index (χ1n) is 15.4. The molecule has 10 heteroatoms. The van der Waals surface area contributed by atoms with E-state index in [1.54, 1.807) is 54.6 Å². The van der Waals surface area contributed by atoms with Crippen molar-refractivity contribution in [1.29, 1.82) is 0 Å². The third-order valence-electron chi connectivity index (χ3n) is 8.05. The number of carbonyl (C=O) groups excluding carboxylic acids is 2. The van der Waals surface area contributed by atoms with Crippen molar-refractivity contribution in [3.05, 3.63) is 126 Å². The van der Waals surface area contributed by atoms with E-state index in [-0.39, 0.29) is 36.2 Å². The van der Waals surface area contributed by atoms with Gasteiger partial charge in [0.1, 0.15) is 29.9 Å². The third-order valence-corrected chi connectivity index (χ3v) is 9.19. The van der Waals surface area contributed by atoms with Crippen molar-refractivity contribution in [1.82, 2.24) is 10.2 Å². The van der Waals surface area contributed by atoms with Gasteiger partial charge in [-0.3, -0.25) is 13.9 Å². The molecule has 2 amide bonds. The molecule has 4 aromatic carbocycles. The SMILES string of the molecule is CS(=O)(=O)N(CC(=O)N(Cc1ccccc1F)[C@@H](Cc1ccccc1)C(=O)NC1CCCC1)c1ccc(Oc2ccccc2)cc1. The minimum Gasteiger partial charge on any atom is -0.457 e. The minimum absolute atomic E-state index is 0.0136. The maximum atomic E-state index is 15.0. The second kappa shape index (κ2) is 15.1. The van der Waals surface area contributed by atoms with E-state index < -0.39 is 34.3 Å². The number of rotatable bonds is 13. The molecule has 0 aliphatic heterocycles. The van der Waals surface area contributed by atoms with Gasteiger partial charge in [0, 0.05) is 24.6 Å². The van der Waals surface area contributed by atoms with E-state index >= 15 is 0 Å². The summed E-state index contributed by atoms with van der Waals surface area (Å²) in [5, 5.41) is 3.10. The zero-order valence-electron chi connectivity index (χ0n) is 25.7. The van der Waals surface area contributed by atoms with Gasteiger partial charge in [-0.05, 0) is 60.9 Å². The van der Waals surface area contributed by atoms with Crippen LogP contribution in [0.25, 0.3) is 0 Å². The average molecular weight is 644 g/mol. The molecule has 5 rings (SSSR count). The molecule has 0 unspecified atom stereocenters. The van der Waals surface area contributed by atoms with E-state index in [4.69, 9.17) is 4.74 Å². The van der Waals surface area contributed by atoms with Crippen LogP contribution < -0.4 is 14.4 Å². The van der Waals surface area contributed by atoms with Gasteiger partial charge < -0.3 is 15.0 Å². The number of para-hydroxylation sites is 1. The maximum absolute atomic E-state index is 15.0. The highest BCUT2D eigenvalue weighted by Crippen LogP contribution is 2.27. The number of nitrogens with one attached hydrogen (secondary N) is 1. The molecular formula is C36H38FN3O5S. The van der Waals surface area contributed by atoms with Crippen molar-refractivity contribution >= 4 is 27.5 Å². The van der Waals surface area contributed by atoms with E-state index in [9.17, 15) is 22.4 Å². The van der Waals surface area contributed by atoms with E-state index in [0.717, 1.165) is 41.8 Å². The van der Waals surface area contributed by atoms with Crippen LogP contribution in [0.1, 0.15) is 36.8 Å². The summed E-state index contributed by atoms with van der Waals surface area (Å²) in [5.74, 6) is -0.407. The maximum Gasteiger partial charge on any atom is 0.244 e. The molecule has 1 fully saturated rings. The summed E-state index contributed by atoms with van der Waals surface area (Å²) in [6.07, 6.45) is 4.89. The van der Waals surface area contributed by atoms with Gasteiger partial charge >= 0.3 is 0 Å². The molecule has 0 saturated heterocycles. The highest BCUT2D eigenvalue weighted by molar-refractivity contribution is 7.92. The number of carbonyl (C=O) groups is 2. The monoisotopic (exact) mass is 643 g/mol. The summed E-state index contributed by atoms with van der Waals surface area (Å²) < 4.78 is 48.0. The molecule has 1 N–H and O–H groups in total. The molecule has 0 bridgehead atoms. The van der Waals surface area contributed by atoms with Gasteiger partial charge in [0.05, 0.1) is 11.9 Å². The molecule has 0 radical (unpaired) electrons. The van der Waals surface area contributed by atoms with Crippen LogP contribution in [0.15, 0.2) is 109 Å². The summed E-state index contributed by atoms with van der Waals surface area (Å²) in [6, 6.07) is 29.8. The zero-order chi connectivity index (χ0) is 32.5.